The van der Waals surface area contributed by atoms with Crippen molar-refractivity contribution < 1.29 is 4.79 Å². The van der Waals surface area contributed by atoms with Crippen molar-refractivity contribution in [2.24, 2.45) is 0 Å². The largest absolute Gasteiger partial charge is 0.376 e. The van der Waals surface area contributed by atoms with Gasteiger partial charge in [-0.15, -0.1) is 11.3 Å². The number of hydrogen-bond acceptors (Lipinski definition) is 7. The van der Waals surface area contributed by atoms with E-state index in [1.807, 2.05) is 68.4 Å². The van der Waals surface area contributed by atoms with Gasteiger partial charge in [-0.05, 0) is 56.3 Å². The molecule has 2 aromatic carbocycles. The van der Waals surface area contributed by atoms with Gasteiger partial charge in [-0.25, -0.2) is 9.97 Å². The molecule has 0 unspecified atom stereocenters. The minimum absolute atomic E-state index is 0.138. The van der Waals surface area contributed by atoms with Crippen LogP contribution in [0.25, 0.3) is 10.2 Å². The Morgan fingerprint density at radius 2 is 1.91 bits per heavy atom. The Bertz CT molecular complexity index is 1360. The van der Waals surface area contributed by atoms with Crippen molar-refractivity contribution in [3.8, 4) is 0 Å². The summed E-state index contributed by atoms with van der Waals surface area (Å²) in [7, 11) is 6.08. The molecular weight excluding hydrogens is 444 g/mol. The van der Waals surface area contributed by atoms with E-state index in [9.17, 15) is 4.79 Å². The van der Waals surface area contributed by atoms with E-state index < -0.39 is 0 Å². The lowest BCUT2D eigenvalue weighted by molar-refractivity contribution is 0.102. The molecule has 5 rings (SSSR count). The maximum atomic E-state index is 12.9. The summed E-state index contributed by atoms with van der Waals surface area (Å²) in [6, 6.07) is 13.6. The number of amides is 1. The summed E-state index contributed by atoms with van der Waals surface area (Å²) in [6.07, 6.45) is 2.61. The number of carbonyl (C=O) groups is 1. The summed E-state index contributed by atoms with van der Waals surface area (Å²) in [5, 5.41) is 7.69. The van der Waals surface area contributed by atoms with Crippen molar-refractivity contribution >= 4 is 50.3 Å². The van der Waals surface area contributed by atoms with E-state index in [0.29, 0.717) is 5.56 Å². The Morgan fingerprint density at radius 1 is 1.12 bits per heavy atom. The maximum Gasteiger partial charge on any atom is 0.255 e. The Kier molecular flexibility index (Phi) is 5.93. The highest BCUT2D eigenvalue weighted by Gasteiger charge is 2.22. The van der Waals surface area contributed by atoms with Gasteiger partial charge < -0.3 is 20.4 Å². The third-order valence-corrected chi connectivity index (χ3v) is 7.26. The van der Waals surface area contributed by atoms with Crippen LogP contribution in [0.2, 0.25) is 0 Å². The number of thiophene rings is 1. The SMILES string of the molecule is Cc1ccc(C(=O)Nc2cc(Nc3ncnc4sc5c(c34)CCN(C)C5)ccc2N(C)C)cc1. The summed E-state index contributed by atoms with van der Waals surface area (Å²) in [6.45, 7) is 3.98. The highest BCUT2D eigenvalue weighted by Crippen LogP contribution is 2.38. The quantitative estimate of drug-likeness (QED) is 0.424. The normalized spacial score (nSPS) is 13.5. The minimum Gasteiger partial charge on any atom is -0.376 e. The van der Waals surface area contributed by atoms with E-state index in [0.717, 1.165) is 58.2 Å². The molecule has 0 fully saturated rings. The van der Waals surface area contributed by atoms with Crippen molar-refractivity contribution in [2.75, 3.05) is 43.2 Å². The molecule has 0 saturated heterocycles. The second-order valence-electron chi connectivity index (χ2n) is 8.97. The Morgan fingerprint density at radius 3 is 2.68 bits per heavy atom. The molecule has 1 aliphatic heterocycles. The van der Waals surface area contributed by atoms with Crippen molar-refractivity contribution in [1.82, 2.24) is 14.9 Å². The number of carbonyl (C=O) groups excluding carboxylic acids is 1. The zero-order valence-electron chi connectivity index (χ0n) is 19.8. The van der Waals surface area contributed by atoms with Crippen molar-refractivity contribution in [3.63, 3.8) is 0 Å². The number of anilines is 4. The Hall–Kier alpha value is -3.49. The van der Waals surface area contributed by atoms with Gasteiger partial charge in [-0.2, -0.15) is 0 Å². The number of hydrogen-bond donors (Lipinski definition) is 2. The average molecular weight is 473 g/mol. The first-order valence-electron chi connectivity index (χ1n) is 11.3. The zero-order valence-corrected chi connectivity index (χ0v) is 20.7. The standard InChI is InChI=1S/C26H28N6OS/c1-16-5-7-17(8-6-16)25(33)30-20-13-18(9-10-21(20)31(2)3)29-24-23-19-11-12-32(4)14-22(19)34-26(23)28-15-27-24/h5-10,13,15H,11-12,14H2,1-4H3,(H,30,33)(H,27,28,29). The summed E-state index contributed by atoms with van der Waals surface area (Å²) in [5.74, 6) is 0.668. The van der Waals surface area contributed by atoms with Gasteiger partial charge in [0.25, 0.3) is 5.91 Å². The fourth-order valence-corrected chi connectivity index (χ4v) is 5.56. The molecule has 0 atom stereocenters. The number of nitrogens with one attached hydrogen (secondary N) is 2. The first kappa shape index (κ1) is 22.3. The van der Waals surface area contributed by atoms with Gasteiger partial charge in [-0.1, -0.05) is 17.7 Å². The lowest BCUT2D eigenvalue weighted by Crippen LogP contribution is -2.25. The molecule has 0 spiro atoms. The maximum absolute atomic E-state index is 12.9. The van der Waals surface area contributed by atoms with Crippen molar-refractivity contribution in [1.29, 1.82) is 0 Å². The monoisotopic (exact) mass is 472 g/mol. The number of aromatic nitrogens is 2. The van der Waals surface area contributed by atoms with Crippen LogP contribution in [0, 0.1) is 6.92 Å². The highest BCUT2D eigenvalue weighted by molar-refractivity contribution is 7.19. The molecule has 1 aliphatic rings. The van der Waals surface area contributed by atoms with Crippen LogP contribution in [0.1, 0.15) is 26.4 Å². The van der Waals surface area contributed by atoms with Crippen LogP contribution in [0.5, 0.6) is 0 Å². The van der Waals surface area contributed by atoms with Crippen LogP contribution in [-0.4, -0.2) is 48.5 Å². The lowest BCUT2D eigenvalue weighted by atomic mass is 10.1. The Labute approximate surface area is 203 Å². The third kappa shape index (κ3) is 4.34. The number of likely N-dealkylation sites (N-methyl/N-ethyl adjacent to an activating group) is 1. The van der Waals surface area contributed by atoms with Crippen LogP contribution in [0.3, 0.4) is 0 Å². The number of nitrogens with zero attached hydrogens (tertiary/aromatic N) is 4. The van der Waals surface area contributed by atoms with Gasteiger partial charge in [0.2, 0.25) is 0 Å². The van der Waals surface area contributed by atoms with Gasteiger partial charge >= 0.3 is 0 Å². The number of rotatable bonds is 5. The first-order chi connectivity index (χ1) is 16.4. The van der Waals surface area contributed by atoms with Crippen LogP contribution in [-0.2, 0) is 13.0 Å². The number of benzene rings is 2. The van der Waals surface area contributed by atoms with Crippen LogP contribution in [0.4, 0.5) is 22.9 Å². The van der Waals surface area contributed by atoms with E-state index in [4.69, 9.17) is 0 Å². The molecule has 174 valence electrons. The van der Waals surface area contributed by atoms with Gasteiger partial charge in [0.05, 0.1) is 16.8 Å². The topological polar surface area (TPSA) is 73.4 Å². The van der Waals surface area contributed by atoms with Crippen LogP contribution < -0.4 is 15.5 Å². The molecule has 2 N–H and O–H groups in total. The van der Waals surface area contributed by atoms with E-state index >= 15 is 0 Å². The fraction of sp³-hybridized carbons (Fsp3) is 0.269. The van der Waals surface area contributed by atoms with Gasteiger partial charge in [0.1, 0.15) is 17.0 Å². The third-order valence-electron chi connectivity index (χ3n) is 6.13. The molecular formula is C26H28N6OS. The van der Waals surface area contributed by atoms with Gasteiger partial charge in [0, 0.05) is 43.3 Å². The predicted octanol–water partition coefficient (Wildman–Crippen LogP) is 5.05. The van der Waals surface area contributed by atoms with E-state index in [2.05, 4.69) is 32.5 Å². The number of fused-ring (bicyclic) bond motifs is 3. The Balaban J connectivity index is 1.48. The molecule has 0 aliphatic carbocycles. The van der Waals surface area contributed by atoms with E-state index in [1.54, 1.807) is 17.7 Å². The molecule has 0 bridgehead atoms. The molecule has 2 aromatic heterocycles. The summed E-state index contributed by atoms with van der Waals surface area (Å²) < 4.78 is 0. The summed E-state index contributed by atoms with van der Waals surface area (Å²) in [5.41, 5.74) is 5.61. The van der Waals surface area contributed by atoms with Crippen molar-refractivity contribution in [3.05, 3.63) is 70.4 Å². The average Bonchev–Trinajstić information content (AvgIpc) is 3.18. The van der Waals surface area contributed by atoms with E-state index in [1.165, 1.54) is 10.4 Å². The fourth-order valence-electron chi connectivity index (χ4n) is 4.29. The molecule has 0 radical (unpaired) electrons. The van der Waals surface area contributed by atoms with Gasteiger partial charge in [0.15, 0.2) is 0 Å². The molecule has 4 aromatic rings. The molecule has 34 heavy (non-hydrogen) atoms. The predicted molar refractivity (Wildman–Crippen MR) is 141 cm³/mol. The van der Waals surface area contributed by atoms with Crippen LogP contribution >= 0.6 is 11.3 Å². The van der Waals surface area contributed by atoms with E-state index in [-0.39, 0.29) is 5.91 Å². The minimum atomic E-state index is -0.138. The molecule has 8 heteroatoms. The summed E-state index contributed by atoms with van der Waals surface area (Å²) in [4.78, 5) is 28.7. The lowest BCUT2D eigenvalue weighted by Gasteiger charge is -2.22. The van der Waals surface area contributed by atoms with Gasteiger partial charge in [-0.3, -0.25) is 4.79 Å². The highest BCUT2D eigenvalue weighted by atomic mass is 32.1. The van der Waals surface area contributed by atoms with Crippen molar-refractivity contribution in [2.45, 2.75) is 19.9 Å². The molecule has 0 saturated carbocycles. The smallest absolute Gasteiger partial charge is 0.255 e. The van der Waals surface area contributed by atoms with Crippen LogP contribution in [0.15, 0.2) is 48.8 Å². The second kappa shape index (κ2) is 9.04. The molecule has 1 amide bonds. The second-order valence-corrected chi connectivity index (χ2v) is 10.0. The molecule has 3 heterocycles. The number of aryl methyl sites for hydroxylation is 1. The zero-order chi connectivity index (χ0) is 23.8. The summed E-state index contributed by atoms with van der Waals surface area (Å²) >= 11 is 1.75. The first-order valence-corrected chi connectivity index (χ1v) is 12.1. The molecule has 7 nitrogen and oxygen atoms in total.